The highest BCUT2D eigenvalue weighted by Gasteiger charge is 2.18. The predicted molar refractivity (Wildman–Crippen MR) is 89.1 cm³/mol. The molecule has 5 nitrogen and oxygen atoms in total. The molecule has 1 aliphatic heterocycles. The molecule has 1 heterocycles. The van der Waals surface area contributed by atoms with Gasteiger partial charge in [0.05, 0.1) is 16.1 Å². The second kappa shape index (κ2) is 7.53. The lowest BCUT2D eigenvalue weighted by Crippen LogP contribution is -2.32. The Morgan fingerprint density at radius 3 is 2.65 bits per heavy atom. The van der Waals surface area contributed by atoms with E-state index in [4.69, 9.17) is 23.2 Å². The van der Waals surface area contributed by atoms with E-state index in [-0.39, 0.29) is 0 Å². The van der Waals surface area contributed by atoms with Gasteiger partial charge in [0.2, 0.25) is 0 Å². The minimum absolute atomic E-state index is 0.303. The van der Waals surface area contributed by atoms with Crippen molar-refractivity contribution in [1.82, 2.24) is 9.80 Å². The van der Waals surface area contributed by atoms with E-state index in [1.165, 1.54) is 16.8 Å². The number of nitrogens with zero attached hydrogens (tertiary/aromatic N) is 2. The minimum Gasteiger partial charge on any atom is -0.503 e. The minimum atomic E-state index is -0.633. The highest BCUT2D eigenvalue weighted by atomic mass is 35.5. The van der Waals surface area contributed by atoms with E-state index < -0.39 is 17.6 Å². The average molecular weight is 355 g/mol. The van der Waals surface area contributed by atoms with Gasteiger partial charge in [0, 0.05) is 26.3 Å². The van der Waals surface area contributed by atoms with Crippen molar-refractivity contribution in [3.63, 3.8) is 0 Å². The van der Waals surface area contributed by atoms with E-state index >= 15 is 0 Å². The van der Waals surface area contributed by atoms with Gasteiger partial charge in [-0.05, 0) is 24.1 Å². The fourth-order valence-electron chi connectivity index (χ4n) is 2.11. The molecule has 2 amide bonds. The predicted octanol–water partition coefficient (Wildman–Crippen LogP) is 3.14. The van der Waals surface area contributed by atoms with E-state index in [1.54, 1.807) is 30.5 Å². The van der Waals surface area contributed by atoms with Crippen LogP contribution in [0.2, 0.25) is 10.0 Å². The Morgan fingerprint density at radius 2 is 1.96 bits per heavy atom. The van der Waals surface area contributed by atoms with Crippen LogP contribution < -0.4 is 0 Å². The maximum Gasteiger partial charge on any atom is 0.292 e. The Balaban J connectivity index is 2.23. The van der Waals surface area contributed by atoms with Crippen LogP contribution in [0.3, 0.4) is 0 Å². The monoisotopic (exact) mass is 354 g/mol. The lowest BCUT2D eigenvalue weighted by atomic mass is 10.2. The number of rotatable bonds is 2. The van der Waals surface area contributed by atoms with Crippen LogP contribution in [0.4, 0.5) is 0 Å². The molecule has 1 aromatic carbocycles. The summed E-state index contributed by atoms with van der Waals surface area (Å²) in [5, 5.41) is 10.6. The number of hydrogen-bond acceptors (Lipinski definition) is 3. The number of aliphatic hydroxyl groups excluding tert-OH is 1. The first kappa shape index (κ1) is 17.4. The molecule has 1 aromatic rings. The van der Waals surface area contributed by atoms with Crippen molar-refractivity contribution in [2.45, 2.75) is 13.0 Å². The van der Waals surface area contributed by atoms with Crippen LogP contribution in [0.5, 0.6) is 0 Å². The molecule has 0 aliphatic carbocycles. The molecule has 1 N–H and O–H groups in total. The van der Waals surface area contributed by atoms with Crippen LogP contribution in [0, 0.1) is 0 Å². The van der Waals surface area contributed by atoms with Crippen molar-refractivity contribution in [1.29, 1.82) is 0 Å². The highest BCUT2D eigenvalue weighted by molar-refractivity contribution is 6.42. The molecule has 0 bridgehead atoms. The molecule has 122 valence electrons. The topological polar surface area (TPSA) is 60.9 Å². The van der Waals surface area contributed by atoms with Crippen molar-refractivity contribution in [3.8, 4) is 0 Å². The molecule has 0 radical (unpaired) electrons. The molecule has 7 heteroatoms. The molecular formula is C16H16Cl2N2O3. The maximum atomic E-state index is 12.3. The molecule has 0 saturated heterocycles. The van der Waals surface area contributed by atoms with E-state index in [0.717, 1.165) is 11.6 Å². The van der Waals surface area contributed by atoms with Crippen LogP contribution in [0.1, 0.15) is 12.0 Å². The zero-order valence-electron chi connectivity index (χ0n) is 12.5. The number of likely N-dealkylation sites (N-methyl/N-ethyl adjacent to an activating group) is 1. The zero-order chi connectivity index (χ0) is 17.0. The van der Waals surface area contributed by atoms with Crippen LogP contribution in [-0.2, 0) is 16.1 Å². The van der Waals surface area contributed by atoms with Crippen molar-refractivity contribution in [3.05, 3.63) is 57.9 Å². The quantitative estimate of drug-likeness (QED) is 0.887. The third-order valence-electron chi connectivity index (χ3n) is 3.36. The second-order valence-electron chi connectivity index (χ2n) is 5.13. The summed E-state index contributed by atoms with van der Waals surface area (Å²) in [6, 6.07) is 5.13. The van der Waals surface area contributed by atoms with Gasteiger partial charge in [-0.2, -0.15) is 0 Å². The number of amides is 2. The highest BCUT2D eigenvalue weighted by Crippen LogP contribution is 2.23. The smallest absolute Gasteiger partial charge is 0.292 e. The van der Waals surface area contributed by atoms with Gasteiger partial charge in [-0.25, -0.2) is 0 Å². The van der Waals surface area contributed by atoms with Gasteiger partial charge in [-0.3, -0.25) is 9.59 Å². The first-order valence-electron chi connectivity index (χ1n) is 6.96. The molecule has 2 rings (SSSR count). The van der Waals surface area contributed by atoms with Crippen molar-refractivity contribution in [2.24, 2.45) is 0 Å². The van der Waals surface area contributed by atoms with E-state index in [0.29, 0.717) is 29.6 Å². The molecule has 0 saturated carbocycles. The standard InChI is InChI=1S/C16H16Cl2N2O3/c1-19-6-2-3-7-20(15(22)9-14(21)16(19)23)10-11-4-5-12(17)13(18)8-11/h2,4-6,8-9,21H,3,7,10H2,1H3/b6-2+,14-9-. The fourth-order valence-corrected chi connectivity index (χ4v) is 2.43. The van der Waals surface area contributed by atoms with Crippen molar-refractivity contribution in [2.75, 3.05) is 13.6 Å². The van der Waals surface area contributed by atoms with Gasteiger partial charge in [-0.15, -0.1) is 0 Å². The number of hydrogen-bond donors (Lipinski definition) is 1. The van der Waals surface area contributed by atoms with E-state index in [2.05, 4.69) is 0 Å². The molecule has 0 unspecified atom stereocenters. The van der Waals surface area contributed by atoms with Gasteiger partial charge < -0.3 is 14.9 Å². The van der Waals surface area contributed by atoms with Crippen LogP contribution >= 0.6 is 23.2 Å². The Kier molecular flexibility index (Phi) is 5.69. The average Bonchev–Trinajstić information content (AvgIpc) is 2.51. The third kappa shape index (κ3) is 4.50. The van der Waals surface area contributed by atoms with Gasteiger partial charge in [0.1, 0.15) is 0 Å². The molecule has 0 spiro atoms. The largest absolute Gasteiger partial charge is 0.503 e. The molecule has 1 aliphatic rings. The summed E-state index contributed by atoms with van der Waals surface area (Å²) in [6.45, 7) is 0.749. The molecule has 0 fully saturated rings. The number of carbonyl (C=O) groups is 2. The summed E-state index contributed by atoms with van der Waals surface area (Å²) in [7, 11) is 1.52. The Hall–Kier alpha value is -1.98. The molecular weight excluding hydrogens is 339 g/mol. The number of aliphatic hydroxyl groups is 1. The second-order valence-corrected chi connectivity index (χ2v) is 5.94. The molecule has 0 atom stereocenters. The Labute approximate surface area is 144 Å². The number of carbonyl (C=O) groups excluding carboxylic acids is 2. The Bertz CT molecular complexity index is 686. The summed E-state index contributed by atoms with van der Waals surface area (Å²) < 4.78 is 0. The van der Waals surface area contributed by atoms with Gasteiger partial charge in [0.25, 0.3) is 11.8 Å². The Morgan fingerprint density at radius 1 is 1.22 bits per heavy atom. The van der Waals surface area contributed by atoms with Gasteiger partial charge >= 0.3 is 0 Å². The van der Waals surface area contributed by atoms with Crippen LogP contribution in [-0.4, -0.2) is 40.3 Å². The summed E-state index contributed by atoms with van der Waals surface area (Å²) >= 11 is 11.9. The summed E-state index contributed by atoms with van der Waals surface area (Å²) in [6.07, 6.45) is 4.86. The maximum absolute atomic E-state index is 12.3. The molecule has 0 aromatic heterocycles. The van der Waals surface area contributed by atoms with E-state index in [1.807, 2.05) is 0 Å². The zero-order valence-corrected chi connectivity index (χ0v) is 14.0. The number of benzene rings is 1. The number of halogens is 2. The fraction of sp³-hybridized carbons (Fsp3) is 0.250. The normalized spacial score (nSPS) is 20.2. The van der Waals surface area contributed by atoms with Gasteiger partial charge in [0.15, 0.2) is 5.76 Å². The van der Waals surface area contributed by atoms with E-state index in [9.17, 15) is 14.7 Å². The summed E-state index contributed by atoms with van der Waals surface area (Å²) in [5.41, 5.74) is 0.810. The van der Waals surface area contributed by atoms with Crippen molar-refractivity contribution >= 4 is 35.0 Å². The van der Waals surface area contributed by atoms with Crippen molar-refractivity contribution < 1.29 is 14.7 Å². The lowest BCUT2D eigenvalue weighted by molar-refractivity contribution is -0.129. The molecule has 23 heavy (non-hydrogen) atoms. The van der Waals surface area contributed by atoms with Crippen LogP contribution in [0.15, 0.2) is 42.3 Å². The lowest BCUT2D eigenvalue weighted by Gasteiger charge is -2.22. The first-order valence-corrected chi connectivity index (χ1v) is 7.71. The van der Waals surface area contributed by atoms with Gasteiger partial charge in [-0.1, -0.05) is 35.3 Å². The third-order valence-corrected chi connectivity index (χ3v) is 4.10. The first-order chi connectivity index (χ1) is 10.9. The summed E-state index contributed by atoms with van der Waals surface area (Å²) in [4.78, 5) is 26.9. The van der Waals surface area contributed by atoms with Crippen LogP contribution in [0.25, 0.3) is 0 Å². The SMILES string of the molecule is CN1/C=C/CCN(Cc2ccc(Cl)c(Cl)c2)C(=O)/C=C(\O)C1=O. The summed E-state index contributed by atoms with van der Waals surface area (Å²) in [5.74, 6) is -1.67.